The van der Waals surface area contributed by atoms with Gasteiger partial charge in [-0.15, -0.1) is 0 Å². The molecule has 1 rings (SSSR count). The zero-order valence-electron chi connectivity index (χ0n) is 7.29. The second-order valence-corrected chi connectivity index (χ2v) is 2.52. The Bertz CT molecular complexity index is 186. The van der Waals surface area contributed by atoms with Gasteiger partial charge in [-0.05, 0) is 12.1 Å². The Labute approximate surface area is 99.8 Å². The van der Waals surface area contributed by atoms with Crippen LogP contribution in [0, 0.1) is 6.92 Å². The van der Waals surface area contributed by atoms with Crippen LogP contribution in [0.15, 0.2) is 30.3 Å². The van der Waals surface area contributed by atoms with E-state index in [1.165, 1.54) is 5.56 Å². The van der Waals surface area contributed by atoms with Crippen molar-refractivity contribution in [1.29, 1.82) is 0 Å². The van der Waals surface area contributed by atoms with Crippen molar-refractivity contribution >= 4 is 0 Å². The molecule has 0 aliphatic carbocycles. The molecule has 0 aromatic heterocycles. The Morgan fingerprint density at radius 3 is 2.42 bits per heavy atom. The summed E-state index contributed by atoms with van der Waals surface area (Å²) in [6.07, 6.45) is 0.951. The minimum Gasteiger partial charge on any atom is -0.342 e. The monoisotopic (exact) mass is 237 g/mol. The molecular weight excluding hydrogens is 223 g/mol. The summed E-state index contributed by atoms with van der Waals surface area (Å²) in [4.78, 5) is 0. The second kappa shape index (κ2) is 7.91. The van der Waals surface area contributed by atoms with Crippen molar-refractivity contribution < 1.29 is 32.7 Å². The van der Waals surface area contributed by atoms with Crippen LogP contribution in [-0.4, -0.2) is 6.54 Å². The molecule has 0 saturated carbocycles. The van der Waals surface area contributed by atoms with Gasteiger partial charge in [0.15, 0.2) is 0 Å². The summed E-state index contributed by atoms with van der Waals surface area (Å²) in [7, 11) is 0. The molecule has 0 fully saturated rings. The van der Waals surface area contributed by atoms with Crippen LogP contribution in [0.3, 0.4) is 0 Å². The molecule has 0 aliphatic rings. The first-order chi connectivity index (χ1) is 5.43. The van der Waals surface area contributed by atoms with E-state index in [-0.39, 0.29) is 32.7 Å². The Kier molecular flexibility index (Phi) is 8.10. The van der Waals surface area contributed by atoms with Gasteiger partial charge in [-0.3, -0.25) is 0 Å². The van der Waals surface area contributed by atoms with Crippen LogP contribution in [0.2, 0.25) is 0 Å². The average molecular weight is 237 g/mol. The van der Waals surface area contributed by atoms with Gasteiger partial charge in [0.25, 0.3) is 0 Å². The standard InChI is InChI=1S/C10H14N.Y/c1-2-8-11-9-10-6-4-3-5-7-10;/h3-7,11H,1-2,8-9H2;/q-1;. The van der Waals surface area contributed by atoms with Gasteiger partial charge in [-0.25, -0.2) is 0 Å². The fraction of sp³-hybridized carbons (Fsp3) is 0.300. The van der Waals surface area contributed by atoms with E-state index in [2.05, 4.69) is 36.5 Å². The SMILES string of the molecule is [CH2-]CCNCc1ccccc1.[Y]. The Hall–Kier alpha value is 0.284. The van der Waals surface area contributed by atoms with Crippen LogP contribution in [0.1, 0.15) is 12.0 Å². The van der Waals surface area contributed by atoms with Crippen LogP contribution in [0.25, 0.3) is 0 Å². The summed E-state index contributed by atoms with van der Waals surface area (Å²) in [5, 5.41) is 3.29. The predicted molar refractivity (Wildman–Crippen MR) is 48.1 cm³/mol. The van der Waals surface area contributed by atoms with Crippen LogP contribution in [0.4, 0.5) is 0 Å². The van der Waals surface area contributed by atoms with Crippen LogP contribution in [0.5, 0.6) is 0 Å². The third-order valence-electron chi connectivity index (χ3n) is 1.53. The fourth-order valence-electron chi connectivity index (χ4n) is 0.954. The average Bonchev–Trinajstić information content (AvgIpc) is 2.07. The van der Waals surface area contributed by atoms with Crippen LogP contribution in [-0.2, 0) is 39.3 Å². The maximum atomic E-state index is 3.75. The molecule has 1 nitrogen and oxygen atoms in total. The van der Waals surface area contributed by atoms with Gasteiger partial charge in [-0.2, -0.15) is 6.42 Å². The fourth-order valence-corrected chi connectivity index (χ4v) is 0.954. The molecule has 12 heavy (non-hydrogen) atoms. The van der Waals surface area contributed by atoms with Gasteiger partial charge in [0.2, 0.25) is 0 Å². The summed E-state index contributed by atoms with van der Waals surface area (Å²) in [5.41, 5.74) is 1.33. The van der Waals surface area contributed by atoms with Crippen molar-refractivity contribution in [2.75, 3.05) is 6.54 Å². The van der Waals surface area contributed by atoms with E-state index in [1.54, 1.807) is 0 Å². The van der Waals surface area contributed by atoms with Gasteiger partial charge in [-0.1, -0.05) is 30.3 Å². The van der Waals surface area contributed by atoms with E-state index >= 15 is 0 Å². The first-order valence-electron chi connectivity index (χ1n) is 3.97. The molecule has 0 unspecified atom stereocenters. The largest absolute Gasteiger partial charge is 0.342 e. The van der Waals surface area contributed by atoms with Crippen molar-refractivity contribution in [1.82, 2.24) is 5.32 Å². The van der Waals surface area contributed by atoms with Crippen molar-refractivity contribution in [3.05, 3.63) is 42.8 Å². The summed E-state index contributed by atoms with van der Waals surface area (Å²) >= 11 is 0. The smallest absolute Gasteiger partial charge is 0.0204 e. The van der Waals surface area contributed by atoms with E-state index in [4.69, 9.17) is 0 Å². The number of benzene rings is 1. The summed E-state index contributed by atoms with van der Waals surface area (Å²) in [5.74, 6) is 0. The van der Waals surface area contributed by atoms with E-state index in [0.29, 0.717) is 0 Å². The Balaban J connectivity index is 0.00000121. The van der Waals surface area contributed by atoms with Gasteiger partial charge in [0.05, 0.1) is 0 Å². The third-order valence-corrected chi connectivity index (χ3v) is 1.53. The third kappa shape index (κ3) is 5.02. The van der Waals surface area contributed by atoms with Crippen molar-refractivity contribution in [3.8, 4) is 0 Å². The van der Waals surface area contributed by atoms with Crippen molar-refractivity contribution in [2.45, 2.75) is 13.0 Å². The van der Waals surface area contributed by atoms with E-state index in [9.17, 15) is 0 Å². The molecule has 0 saturated heterocycles. The summed E-state index contributed by atoms with van der Waals surface area (Å²) in [6, 6.07) is 10.4. The maximum absolute atomic E-state index is 3.75. The molecule has 1 aromatic rings. The quantitative estimate of drug-likeness (QED) is 0.623. The molecule has 0 heterocycles. The number of rotatable bonds is 4. The van der Waals surface area contributed by atoms with E-state index in [1.807, 2.05) is 6.07 Å². The Morgan fingerprint density at radius 1 is 1.17 bits per heavy atom. The zero-order valence-corrected chi connectivity index (χ0v) is 10.1. The van der Waals surface area contributed by atoms with Gasteiger partial charge >= 0.3 is 0 Å². The molecule has 0 atom stereocenters. The Morgan fingerprint density at radius 2 is 1.83 bits per heavy atom. The predicted octanol–water partition coefficient (Wildman–Crippen LogP) is 2.00. The first-order valence-corrected chi connectivity index (χ1v) is 3.97. The molecule has 1 aromatic carbocycles. The normalized spacial score (nSPS) is 9.08. The van der Waals surface area contributed by atoms with Crippen molar-refractivity contribution in [3.63, 3.8) is 0 Å². The molecular formula is C10H14NY-. The summed E-state index contributed by atoms with van der Waals surface area (Å²) < 4.78 is 0. The molecule has 0 aliphatic heterocycles. The van der Waals surface area contributed by atoms with Crippen molar-refractivity contribution in [2.24, 2.45) is 0 Å². The molecule has 63 valence electrons. The molecule has 2 heteroatoms. The first kappa shape index (κ1) is 12.3. The van der Waals surface area contributed by atoms with Gasteiger partial charge < -0.3 is 12.2 Å². The minimum absolute atomic E-state index is 0. The summed E-state index contributed by atoms with van der Waals surface area (Å²) in [6.45, 7) is 5.70. The number of nitrogens with one attached hydrogen (secondary N) is 1. The minimum atomic E-state index is 0. The van der Waals surface area contributed by atoms with Crippen LogP contribution >= 0.6 is 0 Å². The molecule has 1 N–H and O–H groups in total. The van der Waals surface area contributed by atoms with Crippen LogP contribution < -0.4 is 5.32 Å². The molecule has 0 spiro atoms. The number of hydrogen-bond donors (Lipinski definition) is 1. The van der Waals surface area contributed by atoms with Gasteiger partial charge in [0, 0.05) is 39.3 Å². The molecule has 1 radical (unpaired) electrons. The number of hydrogen-bond acceptors (Lipinski definition) is 1. The topological polar surface area (TPSA) is 12.0 Å². The second-order valence-electron chi connectivity index (χ2n) is 2.52. The zero-order chi connectivity index (χ0) is 7.94. The van der Waals surface area contributed by atoms with Gasteiger partial charge in [0.1, 0.15) is 0 Å². The molecule has 0 bridgehead atoms. The van der Waals surface area contributed by atoms with E-state index in [0.717, 1.165) is 19.5 Å². The van der Waals surface area contributed by atoms with E-state index < -0.39 is 0 Å². The molecule has 0 amide bonds. The maximum Gasteiger partial charge on any atom is 0.0204 e.